The highest BCUT2D eigenvalue weighted by Crippen LogP contribution is 2.45. The first-order chi connectivity index (χ1) is 11.7. The van der Waals surface area contributed by atoms with Crippen LogP contribution in [0, 0.1) is 6.07 Å². The van der Waals surface area contributed by atoms with Gasteiger partial charge in [0.15, 0.2) is 11.5 Å². The number of ether oxygens (including phenoxy) is 2. The van der Waals surface area contributed by atoms with Gasteiger partial charge in [-0.2, -0.15) is 0 Å². The number of benzene rings is 3. The summed E-state index contributed by atoms with van der Waals surface area (Å²) < 4.78 is 11.0. The van der Waals surface area contributed by atoms with E-state index in [0.717, 1.165) is 22.3 Å². The van der Waals surface area contributed by atoms with E-state index in [1.807, 2.05) is 54.6 Å². The van der Waals surface area contributed by atoms with Gasteiger partial charge in [0.05, 0.1) is 24.3 Å². The predicted molar refractivity (Wildman–Crippen MR) is 99.3 cm³/mol. The Morgan fingerprint density at radius 1 is 0.833 bits per heavy atom. The highest BCUT2D eigenvalue weighted by Gasteiger charge is 2.19. The maximum absolute atomic E-state index is 6.52. The zero-order valence-electron chi connectivity index (χ0n) is 13.3. The summed E-state index contributed by atoms with van der Waals surface area (Å²) in [7, 11) is 3.23. The van der Waals surface area contributed by atoms with E-state index in [-0.39, 0.29) is 0 Å². The summed E-state index contributed by atoms with van der Waals surface area (Å²) in [6, 6.07) is 20.4. The zero-order chi connectivity index (χ0) is 17.1. The SMILES string of the molecule is COc1cccc(-c2c[c]c(Cl)c(Cl)c2-c2ccccc2)c1OC. The highest BCUT2D eigenvalue weighted by atomic mass is 35.5. The summed E-state index contributed by atoms with van der Waals surface area (Å²) in [6.07, 6.45) is 0. The molecule has 0 N–H and O–H groups in total. The van der Waals surface area contributed by atoms with Crippen LogP contribution in [0.15, 0.2) is 54.6 Å². The fourth-order valence-electron chi connectivity index (χ4n) is 2.70. The molecule has 4 heteroatoms. The normalized spacial score (nSPS) is 10.5. The van der Waals surface area contributed by atoms with Crippen LogP contribution in [-0.4, -0.2) is 14.2 Å². The lowest BCUT2D eigenvalue weighted by Crippen LogP contribution is -1.95. The van der Waals surface area contributed by atoms with Crippen molar-refractivity contribution in [1.82, 2.24) is 0 Å². The van der Waals surface area contributed by atoms with Crippen molar-refractivity contribution in [1.29, 1.82) is 0 Å². The molecular formula is C20H15Cl2O2. The molecule has 0 amide bonds. The standard InChI is InChI=1S/C20H15Cl2O2/c1-23-17-10-6-9-15(20(17)24-2)14-11-12-16(21)19(22)18(14)13-7-4-3-5-8-13/h3-11H,1-2H3. The Hall–Kier alpha value is -2.16. The average Bonchev–Trinajstić information content (AvgIpc) is 2.63. The molecule has 0 aliphatic rings. The van der Waals surface area contributed by atoms with E-state index < -0.39 is 0 Å². The second kappa shape index (κ2) is 7.16. The van der Waals surface area contributed by atoms with Crippen LogP contribution in [0.1, 0.15) is 0 Å². The molecule has 0 bridgehead atoms. The molecule has 24 heavy (non-hydrogen) atoms. The Labute approximate surface area is 151 Å². The summed E-state index contributed by atoms with van der Waals surface area (Å²) in [5.41, 5.74) is 3.56. The molecule has 2 nitrogen and oxygen atoms in total. The van der Waals surface area contributed by atoms with Crippen LogP contribution in [0.4, 0.5) is 0 Å². The van der Waals surface area contributed by atoms with Crippen LogP contribution in [0.2, 0.25) is 10.0 Å². The molecule has 0 saturated heterocycles. The first kappa shape index (κ1) is 16.7. The third-order valence-electron chi connectivity index (χ3n) is 3.78. The van der Waals surface area contributed by atoms with Crippen molar-refractivity contribution < 1.29 is 9.47 Å². The van der Waals surface area contributed by atoms with Gasteiger partial charge in [-0.1, -0.05) is 65.7 Å². The molecule has 0 aliphatic carbocycles. The molecule has 0 saturated carbocycles. The Morgan fingerprint density at radius 3 is 2.25 bits per heavy atom. The quantitative estimate of drug-likeness (QED) is 0.557. The van der Waals surface area contributed by atoms with Crippen molar-refractivity contribution in [3.63, 3.8) is 0 Å². The summed E-state index contributed by atoms with van der Waals surface area (Å²) in [5.74, 6) is 1.30. The van der Waals surface area contributed by atoms with Gasteiger partial charge in [-0.05, 0) is 23.3 Å². The summed E-state index contributed by atoms with van der Waals surface area (Å²) in [5, 5.41) is 0.853. The van der Waals surface area contributed by atoms with Gasteiger partial charge in [0.1, 0.15) is 0 Å². The lowest BCUT2D eigenvalue weighted by Gasteiger charge is -2.17. The van der Waals surface area contributed by atoms with Gasteiger partial charge in [-0.3, -0.25) is 0 Å². The number of methoxy groups -OCH3 is 2. The number of para-hydroxylation sites is 1. The van der Waals surface area contributed by atoms with E-state index in [1.54, 1.807) is 14.2 Å². The van der Waals surface area contributed by atoms with E-state index in [4.69, 9.17) is 32.7 Å². The number of hydrogen-bond donors (Lipinski definition) is 0. The van der Waals surface area contributed by atoms with Gasteiger partial charge >= 0.3 is 0 Å². The first-order valence-corrected chi connectivity index (χ1v) is 8.09. The Balaban J connectivity index is 2.33. The molecule has 1 radical (unpaired) electrons. The topological polar surface area (TPSA) is 18.5 Å². The van der Waals surface area contributed by atoms with Crippen molar-refractivity contribution in [2.75, 3.05) is 14.2 Å². The van der Waals surface area contributed by atoms with Crippen LogP contribution in [0.3, 0.4) is 0 Å². The molecule has 3 aromatic carbocycles. The van der Waals surface area contributed by atoms with Crippen molar-refractivity contribution in [3.8, 4) is 33.8 Å². The van der Waals surface area contributed by atoms with Crippen LogP contribution in [-0.2, 0) is 0 Å². The molecule has 3 rings (SSSR count). The molecule has 0 fully saturated rings. The minimum absolute atomic E-state index is 0.390. The van der Waals surface area contributed by atoms with Gasteiger partial charge in [0, 0.05) is 17.2 Å². The maximum atomic E-state index is 6.52. The third kappa shape index (κ3) is 2.95. The third-order valence-corrected chi connectivity index (χ3v) is 4.55. The van der Waals surface area contributed by atoms with Gasteiger partial charge in [-0.25, -0.2) is 0 Å². The average molecular weight is 358 g/mol. The maximum Gasteiger partial charge on any atom is 0.168 e. The van der Waals surface area contributed by atoms with Crippen LogP contribution in [0.25, 0.3) is 22.3 Å². The van der Waals surface area contributed by atoms with Crippen LogP contribution < -0.4 is 9.47 Å². The Morgan fingerprint density at radius 2 is 1.58 bits per heavy atom. The molecule has 0 atom stereocenters. The highest BCUT2D eigenvalue weighted by molar-refractivity contribution is 6.44. The molecule has 0 heterocycles. The minimum Gasteiger partial charge on any atom is -0.493 e. The molecule has 0 spiro atoms. The van der Waals surface area contributed by atoms with Crippen molar-refractivity contribution in [2.24, 2.45) is 0 Å². The van der Waals surface area contributed by atoms with Gasteiger partial charge in [-0.15, -0.1) is 0 Å². The fourth-order valence-corrected chi connectivity index (χ4v) is 3.11. The summed E-state index contributed by atoms with van der Waals surface area (Å²) >= 11 is 12.7. The summed E-state index contributed by atoms with van der Waals surface area (Å²) in [4.78, 5) is 0. The molecule has 0 aromatic heterocycles. The molecule has 3 aromatic rings. The van der Waals surface area contributed by atoms with Crippen molar-refractivity contribution in [3.05, 3.63) is 70.7 Å². The predicted octanol–water partition coefficient (Wildman–Crippen LogP) is 6.14. The Kier molecular flexibility index (Phi) is 4.98. The van der Waals surface area contributed by atoms with Crippen molar-refractivity contribution in [2.45, 2.75) is 0 Å². The molecule has 0 aliphatic heterocycles. The molecule has 0 unspecified atom stereocenters. The van der Waals surface area contributed by atoms with Gasteiger partial charge in [0.25, 0.3) is 0 Å². The number of rotatable bonds is 4. The Bertz CT molecular complexity index is 861. The zero-order valence-corrected chi connectivity index (χ0v) is 14.8. The molecule has 121 valence electrons. The minimum atomic E-state index is 0.390. The van der Waals surface area contributed by atoms with Crippen LogP contribution >= 0.6 is 23.2 Å². The lowest BCUT2D eigenvalue weighted by atomic mass is 9.93. The summed E-state index contributed by atoms with van der Waals surface area (Å²) in [6.45, 7) is 0. The second-order valence-electron chi connectivity index (χ2n) is 5.11. The smallest absolute Gasteiger partial charge is 0.168 e. The van der Waals surface area contributed by atoms with E-state index in [1.165, 1.54) is 0 Å². The fraction of sp³-hybridized carbons (Fsp3) is 0.100. The van der Waals surface area contributed by atoms with E-state index in [9.17, 15) is 0 Å². The first-order valence-electron chi connectivity index (χ1n) is 7.33. The van der Waals surface area contributed by atoms with Gasteiger partial charge < -0.3 is 9.47 Å². The van der Waals surface area contributed by atoms with Crippen molar-refractivity contribution >= 4 is 23.2 Å². The van der Waals surface area contributed by atoms with Crippen LogP contribution in [0.5, 0.6) is 11.5 Å². The van der Waals surface area contributed by atoms with E-state index in [0.29, 0.717) is 21.5 Å². The lowest BCUT2D eigenvalue weighted by molar-refractivity contribution is 0.356. The largest absolute Gasteiger partial charge is 0.493 e. The monoisotopic (exact) mass is 357 g/mol. The van der Waals surface area contributed by atoms with E-state index >= 15 is 0 Å². The number of hydrogen-bond acceptors (Lipinski definition) is 2. The molecular weight excluding hydrogens is 343 g/mol. The second-order valence-corrected chi connectivity index (χ2v) is 5.87. The van der Waals surface area contributed by atoms with Gasteiger partial charge in [0.2, 0.25) is 0 Å². The van der Waals surface area contributed by atoms with E-state index in [2.05, 4.69) is 6.07 Å². The number of halogens is 2.